The highest BCUT2D eigenvalue weighted by molar-refractivity contribution is 6.12. The maximum Gasteiger partial charge on any atom is 0.336 e. The number of hydrogen-bond acceptors (Lipinski definition) is 6. The highest BCUT2D eigenvalue weighted by Gasteiger charge is 2.37. The normalized spacial score (nSPS) is 27.3. The van der Waals surface area contributed by atoms with Crippen LogP contribution in [0.2, 0.25) is 0 Å². The molecule has 1 saturated carbocycles. The highest BCUT2D eigenvalue weighted by atomic mass is 16.7. The summed E-state index contributed by atoms with van der Waals surface area (Å²) in [6.07, 6.45) is 5.23. The van der Waals surface area contributed by atoms with Crippen LogP contribution in [0, 0.1) is 11.8 Å². The average Bonchev–Trinajstić information content (AvgIpc) is 3.05. The summed E-state index contributed by atoms with van der Waals surface area (Å²) in [5.74, 6) is -2.70. The van der Waals surface area contributed by atoms with E-state index in [0.717, 1.165) is 12.8 Å². The summed E-state index contributed by atoms with van der Waals surface area (Å²) in [7, 11) is 0. The van der Waals surface area contributed by atoms with E-state index in [1.165, 1.54) is 17.1 Å². The van der Waals surface area contributed by atoms with Gasteiger partial charge in [0.05, 0.1) is 5.92 Å². The minimum Gasteiger partial charge on any atom is -0.330 e. The second-order valence-electron chi connectivity index (χ2n) is 6.34. The zero-order valence-electron chi connectivity index (χ0n) is 13.1. The molecule has 2 unspecified atom stereocenters. The lowest BCUT2D eigenvalue weighted by atomic mass is 9.81. The van der Waals surface area contributed by atoms with Crippen molar-refractivity contribution in [1.29, 1.82) is 0 Å². The summed E-state index contributed by atoms with van der Waals surface area (Å²) in [5.41, 5.74) is 0. The van der Waals surface area contributed by atoms with E-state index in [4.69, 9.17) is 4.84 Å². The first-order valence-corrected chi connectivity index (χ1v) is 8.07. The van der Waals surface area contributed by atoms with Gasteiger partial charge in [0.2, 0.25) is 0 Å². The molecule has 2 atom stereocenters. The third-order valence-corrected chi connectivity index (χ3v) is 4.64. The molecule has 3 rings (SSSR count). The molecule has 2 heterocycles. The molecular weight excluding hydrogens is 316 g/mol. The Kier molecular flexibility index (Phi) is 4.46. The predicted octanol–water partition coefficient (Wildman–Crippen LogP) is 0.325. The molecule has 1 aliphatic carbocycles. The molecule has 0 bridgehead atoms. The van der Waals surface area contributed by atoms with Gasteiger partial charge in [0.1, 0.15) is 0 Å². The molecule has 0 aromatic carbocycles. The van der Waals surface area contributed by atoms with Gasteiger partial charge in [-0.15, -0.1) is 5.06 Å². The topological polar surface area (TPSA) is 101 Å². The Morgan fingerprint density at radius 3 is 2.29 bits per heavy atom. The summed E-state index contributed by atoms with van der Waals surface area (Å²) >= 11 is 0. The number of hydroxylamine groups is 2. The fourth-order valence-corrected chi connectivity index (χ4v) is 3.36. The number of carbonyl (C=O) groups is 5. The van der Waals surface area contributed by atoms with Crippen LogP contribution >= 0.6 is 0 Å². The monoisotopic (exact) mass is 334 g/mol. The van der Waals surface area contributed by atoms with Crippen molar-refractivity contribution in [2.45, 2.75) is 38.5 Å². The number of rotatable bonds is 4. The van der Waals surface area contributed by atoms with Gasteiger partial charge >= 0.3 is 5.97 Å². The largest absolute Gasteiger partial charge is 0.336 e. The molecule has 24 heavy (non-hydrogen) atoms. The van der Waals surface area contributed by atoms with Gasteiger partial charge in [-0.05, 0) is 25.2 Å². The molecule has 0 aromatic heterocycles. The molecular formula is C16H18N2O6. The zero-order chi connectivity index (χ0) is 17.3. The van der Waals surface area contributed by atoms with Crippen molar-refractivity contribution in [3.8, 4) is 0 Å². The Balaban J connectivity index is 1.56. The number of carbonyl (C=O) groups excluding carboxylic acids is 5. The molecule has 0 spiro atoms. The number of amides is 4. The Morgan fingerprint density at radius 1 is 1.04 bits per heavy atom. The van der Waals surface area contributed by atoms with Crippen LogP contribution in [0.15, 0.2) is 12.2 Å². The summed E-state index contributed by atoms with van der Waals surface area (Å²) in [6.45, 7) is 0.274. The molecule has 128 valence electrons. The van der Waals surface area contributed by atoms with E-state index in [2.05, 4.69) is 0 Å². The van der Waals surface area contributed by atoms with Crippen LogP contribution in [-0.4, -0.2) is 46.1 Å². The quantitative estimate of drug-likeness (QED) is 0.687. The second kappa shape index (κ2) is 6.54. The first kappa shape index (κ1) is 16.4. The number of nitrogens with zero attached hydrogens (tertiary/aromatic N) is 2. The third-order valence-electron chi connectivity index (χ3n) is 4.64. The van der Waals surface area contributed by atoms with E-state index in [-0.39, 0.29) is 37.1 Å². The first-order chi connectivity index (χ1) is 11.5. The minimum absolute atomic E-state index is 0.00841. The van der Waals surface area contributed by atoms with Crippen LogP contribution in [-0.2, 0) is 28.8 Å². The average molecular weight is 334 g/mol. The Morgan fingerprint density at radius 2 is 1.67 bits per heavy atom. The van der Waals surface area contributed by atoms with E-state index in [0.29, 0.717) is 17.9 Å². The van der Waals surface area contributed by atoms with Crippen molar-refractivity contribution >= 4 is 29.6 Å². The molecule has 0 radical (unpaired) electrons. The van der Waals surface area contributed by atoms with Crippen molar-refractivity contribution in [2.24, 2.45) is 11.8 Å². The van der Waals surface area contributed by atoms with Crippen LogP contribution in [0.25, 0.3) is 0 Å². The standard InChI is InChI=1S/C16H18N2O6/c19-12-4-5-13(20)17(12)9-10-2-1-3-11(8-10)16(23)24-18-14(21)6-7-15(18)22/h4-5,10-11H,1-3,6-9H2. The molecule has 8 heteroatoms. The fraction of sp³-hybridized carbons (Fsp3) is 0.562. The van der Waals surface area contributed by atoms with Crippen LogP contribution in [0.4, 0.5) is 0 Å². The summed E-state index contributed by atoms with van der Waals surface area (Å²) in [5, 5.41) is 0.559. The molecule has 8 nitrogen and oxygen atoms in total. The van der Waals surface area contributed by atoms with E-state index in [9.17, 15) is 24.0 Å². The highest BCUT2D eigenvalue weighted by Crippen LogP contribution is 2.31. The fourth-order valence-electron chi connectivity index (χ4n) is 3.36. The van der Waals surface area contributed by atoms with Gasteiger partial charge in [-0.25, -0.2) is 4.79 Å². The Labute approximate surface area is 138 Å². The third kappa shape index (κ3) is 3.22. The second-order valence-corrected chi connectivity index (χ2v) is 6.34. The molecule has 0 aromatic rings. The maximum atomic E-state index is 12.2. The molecule has 4 amide bonds. The predicted molar refractivity (Wildman–Crippen MR) is 78.5 cm³/mol. The van der Waals surface area contributed by atoms with Gasteiger partial charge in [0.25, 0.3) is 23.6 Å². The lowest BCUT2D eigenvalue weighted by Gasteiger charge is -2.30. The van der Waals surface area contributed by atoms with Crippen molar-refractivity contribution in [1.82, 2.24) is 9.96 Å². The zero-order valence-corrected chi connectivity index (χ0v) is 13.1. The molecule has 2 aliphatic heterocycles. The molecule has 0 N–H and O–H groups in total. The van der Waals surface area contributed by atoms with Gasteiger partial charge in [0, 0.05) is 31.5 Å². The van der Waals surface area contributed by atoms with Gasteiger partial charge in [-0.3, -0.25) is 24.1 Å². The number of imide groups is 2. The number of hydrogen-bond donors (Lipinski definition) is 0. The van der Waals surface area contributed by atoms with E-state index >= 15 is 0 Å². The lowest BCUT2D eigenvalue weighted by Crippen LogP contribution is -2.39. The van der Waals surface area contributed by atoms with Gasteiger partial charge in [-0.2, -0.15) is 0 Å². The van der Waals surface area contributed by atoms with E-state index < -0.39 is 23.7 Å². The first-order valence-electron chi connectivity index (χ1n) is 8.07. The Hall–Kier alpha value is -2.51. The SMILES string of the molecule is O=C(ON1C(=O)CCC1=O)C1CCCC(CN2C(=O)C=CC2=O)C1. The van der Waals surface area contributed by atoms with Crippen LogP contribution < -0.4 is 0 Å². The van der Waals surface area contributed by atoms with Crippen molar-refractivity contribution < 1.29 is 28.8 Å². The molecule has 1 saturated heterocycles. The van der Waals surface area contributed by atoms with Crippen molar-refractivity contribution in [2.75, 3.05) is 6.54 Å². The van der Waals surface area contributed by atoms with Gasteiger partial charge in [0.15, 0.2) is 0 Å². The van der Waals surface area contributed by atoms with Crippen LogP contribution in [0.3, 0.4) is 0 Å². The molecule has 3 aliphatic rings. The minimum atomic E-state index is -0.597. The lowest BCUT2D eigenvalue weighted by molar-refractivity contribution is -0.201. The van der Waals surface area contributed by atoms with Crippen molar-refractivity contribution in [3.63, 3.8) is 0 Å². The summed E-state index contributed by atoms with van der Waals surface area (Å²) < 4.78 is 0. The maximum absolute atomic E-state index is 12.2. The Bertz CT molecular complexity index is 606. The van der Waals surface area contributed by atoms with Gasteiger partial charge < -0.3 is 4.84 Å². The smallest absolute Gasteiger partial charge is 0.330 e. The molecule has 2 fully saturated rings. The van der Waals surface area contributed by atoms with Crippen LogP contribution in [0.1, 0.15) is 38.5 Å². The van der Waals surface area contributed by atoms with Crippen LogP contribution in [0.5, 0.6) is 0 Å². The van der Waals surface area contributed by atoms with Gasteiger partial charge in [-0.1, -0.05) is 6.42 Å². The van der Waals surface area contributed by atoms with Crippen molar-refractivity contribution in [3.05, 3.63) is 12.2 Å². The van der Waals surface area contributed by atoms with E-state index in [1.807, 2.05) is 0 Å². The summed E-state index contributed by atoms with van der Waals surface area (Å²) in [6, 6.07) is 0. The summed E-state index contributed by atoms with van der Waals surface area (Å²) in [4.78, 5) is 64.6. The van der Waals surface area contributed by atoms with E-state index in [1.54, 1.807) is 0 Å².